The van der Waals surface area contributed by atoms with Gasteiger partial charge in [-0.05, 0) is 24.3 Å². The van der Waals surface area contributed by atoms with Crippen molar-refractivity contribution >= 4 is 5.69 Å². The van der Waals surface area contributed by atoms with E-state index in [1.54, 1.807) is 12.1 Å². The van der Waals surface area contributed by atoms with Crippen LogP contribution < -0.4 is 4.90 Å². The predicted molar refractivity (Wildman–Crippen MR) is 52.0 cm³/mol. The highest BCUT2D eigenvalue weighted by atomic mass is 19.1. The first-order valence-electron chi connectivity index (χ1n) is 4.70. The maximum atomic E-state index is 12.6. The first kappa shape index (κ1) is 9.43. The summed E-state index contributed by atoms with van der Waals surface area (Å²) in [5.41, 5.74) is 1.01. The van der Waals surface area contributed by atoms with Crippen molar-refractivity contribution in [2.24, 2.45) is 0 Å². The molecule has 0 atom stereocenters. The Hall–Kier alpha value is -1.13. The van der Waals surface area contributed by atoms with E-state index in [1.165, 1.54) is 17.2 Å². The third kappa shape index (κ3) is 2.02. The van der Waals surface area contributed by atoms with Crippen molar-refractivity contribution < 1.29 is 9.60 Å². The fourth-order valence-electron chi connectivity index (χ4n) is 1.61. The van der Waals surface area contributed by atoms with Gasteiger partial charge in [-0.15, -0.1) is 0 Å². The molecule has 2 rings (SSSR count). The van der Waals surface area contributed by atoms with Gasteiger partial charge in [0.15, 0.2) is 0 Å². The molecule has 4 heteroatoms. The zero-order valence-electron chi connectivity index (χ0n) is 7.86. The highest BCUT2D eigenvalue weighted by Crippen LogP contribution is 2.16. The fraction of sp³-hybridized carbons (Fsp3) is 0.400. The summed E-state index contributed by atoms with van der Waals surface area (Å²) in [6, 6.07) is 6.45. The molecule has 1 aliphatic rings. The van der Waals surface area contributed by atoms with Crippen LogP contribution in [0.3, 0.4) is 0 Å². The molecule has 3 nitrogen and oxygen atoms in total. The molecule has 0 amide bonds. The second-order valence-electron chi connectivity index (χ2n) is 3.42. The van der Waals surface area contributed by atoms with Gasteiger partial charge in [-0.2, -0.15) is 5.06 Å². The Morgan fingerprint density at radius 1 is 1.00 bits per heavy atom. The van der Waals surface area contributed by atoms with E-state index in [0.29, 0.717) is 13.1 Å². The summed E-state index contributed by atoms with van der Waals surface area (Å²) in [7, 11) is 0. The van der Waals surface area contributed by atoms with E-state index in [2.05, 4.69) is 4.90 Å². The van der Waals surface area contributed by atoms with Crippen molar-refractivity contribution in [1.29, 1.82) is 0 Å². The minimum Gasteiger partial charge on any atom is -0.369 e. The molecular weight excluding hydrogens is 183 g/mol. The Kier molecular flexibility index (Phi) is 2.65. The lowest BCUT2D eigenvalue weighted by molar-refractivity contribution is -0.0935. The summed E-state index contributed by atoms with van der Waals surface area (Å²) in [6.45, 7) is 2.83. The monoisotopic (exact) mass is 196 g/mol. The van der Waals surface area contributed by atoms with Gasteiger partial charge in [0.1, 0.15) is 5.82 Å². The standard InChI is InChI=1S/C10H13FN2O/c11-9-1-3-10(4-2-9)12-5-7-13(14)8-6-12/h1-4,14H,5-8H2. The van der Waals surface area contributed by atoms with Crippen molar-refractivity contribution in [3.8, 4) is 0 Å². The molecule has 1 aromatic carbocycles. The number of halogens is 1. The van der Waals surface area contributed by atoms with Crippen LogP contribution in [0.1, 0.15) is 0 Å². The van der Waals surface area contributed by atoms with Crippen LogP contribution in [-0.4, -0.2) is 36.4 Å². The van der Waals surface area contributed by atoms with Crippen LogP contribution in [0.25, 0.3) is 0 Å². The third-order valence-electron chi connectivity index (χ3n) is 2.45. The normalized spacial score (nSPS) is 18.6. The predicted octanol–water partition coefficient (Wildman–Crippen LogP) is 1.34. The van der Waals surface area contributed by atoms with Crippen LogP contribution in [-0.2, 0) is 0 Å². The van der Waals surface area contributed by atoms with E-state index in [-0.39, 0.29) is 5.82 Å². The van der Waals surface area contributed by atoms with E-state index >= 15 is 0 Å². The third-order valence-corrected chi connectivity index (χ3v) is 2.45. The molecule has 0 spiro atoms. The Morgan fingerprint density at radius 2 is 1.57 bits per heavy atom. The lowest BCUT2D eigenvalue weighted by Crippen LogP contribution is -2.44. The summed E-state index contributed by atoms with van der Waals surface area (Å²) in [6.07, 6.45) is 0. The topological polar surface area (TPSA) is 26.7 Å². The lowest BCUT2D eigenvalue weighted by atomic mass is 10.2. The van der Waals surface area contributed by atoms with Gasteiger partial charge in [-0.1, -0.05) is 0 Å². The summed E-state index contributed by atoms with van der Waals surface area (Å²) in [4.78, 5) is 2.13. The summed E-state index contributed by atoms with van der Waals surface area (Å²) in [5, 5.41) is 10.5. The summed E-state index contributed by atoms with van der Waals surface area (Å²) < 4.78 is 12.6. The van der Waals surface area contributed by atoms with E-state index in [1.807, 2.05) is 0 Å². The smallest absolute Gasteiger partial charge is 0.123 e. The lowest BCUT2D eigenvalue weighted by Gasteiger charge is -2.32. The van der Waals surface area contributed by atoms with Crippen LogP contribution in [0.15, 0.2) is 24.3 Å². The molecule has 1 aromatic rings. The Balaban J connectivity index is 2.05. The number of benzene rings is 1. The van der Waals surface area contributed by atoms with Crippen molar-refractivity contribution in [2.75, 3.05) is 31.1 Å². The van der Waals surface area contributed by atoms with Crippen molar-refractivity contribution in [3.63, 3.8) is 0 Å². The molecule has 1 aliphatic heterocycles. The molecule has 76 valence electrons. The SMILES string of the molecule is ON1CCN(c2ccc(F)cc2)CC1. The van der Waals surface area contributed by atoms with E-state index in [9.17, 15) is 4.39 Å². The van der Waals surface area contributed by atoms with Crippen LogP contribution >= 0.6 is 0 Å². The summed E-state index contributed by atoms with van der Waals surface area (Å²) >= 11 is 0. The molecule has 1 heterocycles. The van der Waals surface area contributed by atoms with Crippen molar-refractivity contribution in [2.45, 2.75) is 0 Å². The van der Waals surface area contributed by atoms with Crippen LogP contribution in [0, 0.1) is 5.82 Å². The van der Waals surface area contributed by atoms with Crippen LogP contribution in [0.5, 0.6) is 0 Å². The largest absolute Gasteiger partial charge is 0.369 e. The first-order chi connectivity index (χ1) is 6.75. The van der Waals surface area contributed by atoms with Gasteiger partial charge >= 0.3 is 0 Å². The molecule has 14 heavy (non-hydrogen) atoms. The number of nitrogens with zero attached hydrogens (tertiary/aromatic N) is 2. The van der Waals surface area contributed by atoms with E-state index in [0.717, 1.165) is 18.8 Å². The van der Waals surface area contributed by atoms with Crippen molar-refractivity contribution in [3.05, 3.63) is 30.1 Å². The van der Waals surface area contributed by atoms with Gasteiger partial charge < -0.3 is 10.1 Å². The zero-order valence-corrected chi connectivity index (χ0v) is 7.86. The Bertz CT molecular complexity index is 293. The number of hydroxylamine groups is 2. The molecule has 0 aromatic heterocycles. The highest BCUT2D eigenvalue weighted by molar-refractivity contribution is 5.46. The Labute approximate surface area is 82.3 Å². The van der Waals surface area contributed by atoms with E-state index in [4.69, 9.17) is 5.21 Å². The average molecular weight is 196 g/mol. The number of piperazine rings is 1. The molecule has 1 N–H and O–H groups in total. The second kappa shape index (κ2) is 3.94. The molecule has 1 fully saturated rings. The number of rotatable bonds is 1. The quantitative estimate of drug-likeness (QED) is 0.734. The zero-order chi connectivity index (χ0) is 9.97. The van der Waals surface area contributed by atoms with Gasteiger partial charge in [0, 0.05) is 31.9 Å². The number of hydrogen-bond acceptors (Lipinski definition) is 3. The average Bonchev–Trinajstić information content (AvgIpc) is 2.21. The Morgan fingerprint density at radius 3 is 2.14 bits per heavy atom. The van der Waals surface area contributed by atoms with Gasteiger partial charge in [0.25, 0.3) is 0 Å². The van der Waals surface area contributed by atoms with Gasteiger partial charge in [-0.3, -0.25) is 0 Å². The van der Waals surface area contributed by atoms with Crippen LogP contribution in [0.4, 0.5) is 10.1 Å². The number of anilines is 1. The second-order valence-corrected chi connectivity index (χ2v) is 3.42. The minimum atomic E-state index is -0.213. The minimum absolute atomic E-state index is 0.213. The van der Waals surface area contributed by atoms with Crippen molar-refractivity contribution in [1.82, 2.24) is 5.06 Å². The van der Waals surface area contributed by atoms with Gasteiger partial charge in [0.05, 0.1) is 0 Å². The molecule has 0 saturated carbocycles. The molecular formula is C10H13FN2O. The fourth-order valence-corrected chi connectivity index (χ4v) is 1.61. The van der Waals surface area contributed by atoms with Crippen LogP contribution in [0.2, 0.25) is 0 Å². The van der Waals surface area contributed by atoms with Gasteiger partial charge in [-0.25, -0.2) is 4.39 Å². The molecule has 0 radical (unpaired) electrons. The maximum absolute atomic E-state index is 12.6. The maximum Gasteiger partial charge on any atom is 0.123 e. The molecule has 0 bridgehead atoms. The van der Waals surface area contributed by atoms with Gasteiger partial charge in [0.2, 0.25) is 0 Å². The highest BCUT2D eigenvalue weighted by Gasteiger charge is 2.14. The first-order valence-corrected chi connectivity index (χ1v) is 4.70. The van der Waals surface area contributed by atoms with E-state index < -0.39 is 0 Å². The number of hydrogen-bond donors (Lipinski definition) is 1. The molecule has 0 unspecified atom stereocenters. The molecule has 1 saturated heterocycles. The summed E-state index contributed by atoms with van der Waals surface area (Å²) in [5.74, 6) is -0.213. The molecule has 0 aliphatic carbocycles.